The van der Waals surface area contributed by atoms with Crippen LogP contribution >= 0.6 is 11.8 Å². The van der Waals surface area contributed by atoms with Gasteiger partial charge in [-0.1, -0.05) is 72.4 Å². The second-order valence-corrected chi connectivity index (χ2v) is 9.19. The van der Waals surface area contributed by atoms with Crippen molar-refractivity contribution in [2.75, 3.05) is 11.9 Å². The number of amides is 1. The lowest BCUT2D eigenvalue weighted by molar-refractivity contribution is -0.115. The molecule has 1 amide bonds. The lowest BCUT2D eigenvalue weighted by Crippen LogP contribution is -2.20. The number of nitrogens with one attached hydrogen (secondary N) is 1. The standard InChI is InChI=1S/C27H26N4O2S/c1-2-33-23-16-10-9-15-22(23)28-26(32)24(19-11-5-3-6-12-19)34-27-30-29-25(20-17-18-20)31(27)21-13-7-4-8-14-21/h3-16,20,24H,2,17-18H2,1H3,(H,28,32)/t24-/m0/s1. The Morgan fingerprint density at radius 2 is 1.68 bits per heavy atom. The molecular weight excluding hydrogens is 444 g/mol. The average molecular weight is 471 g/mol. The van der Waals surface area contributed by atoms with Gasteiger partial charge in [0.1, 0.15) is 16.8 Å². The van der Waals surface area contributed by atoms with E-state index in [9.17, 15) is 4.79 Å². The van der Waals surface area contributed by atoms with Crippen molar-refractivity contribution in [1.82, 2.24) is 14.8 Å². The van der Waals surface area contributed by atoms with Crippen LogP contribution < -0.4 is 10.1 Å². The summed E-state index contributed by atoms with van der Waals surface area (Å²) in [5.41, 5.74) is 2.55. The van der Waals surface area contributed by atoms with E-state index < -0.39 is 5.25 Å². The number of carbonyl (C=O) groups is 1. The first-order chi connectivity index (χ1) is 16.7. The molecule has 1 heterocycles. The van der Waals surface area contributed by atoms with Crippen molar-refractivity contribution in [1.29, 1.82) is 0 Å². The lowest BCUT2D eigenvalue weighted by atomic mass is 10.1. The first kappa shape index (κ1) is 22.2. The number of anilines is 1. The largest absolute Gasteiger partial charge is 0.492 e. The van der Waals surface area contributed by atoms with Gasteiger partial charge in [0.25, 0.3) is 0 Å². The number of nitrogens with zero attached hydrogens (tertiary/aromatic N) is 3. The number of ether oxygens (including phenoxy) is 1. The number of hydrogen-bond donors (Lipinski definition) is 1. The topological polar surface area (TPSA) is 69.0 Å². The van der Waals surface area contributed by atoms with E-state index in [0.29, 0.717) is 29.1 Å². The second-order valence-electron chi connectivity index (χ2n) is 8.11. The van der Waals surface area contributed by atoms with Gasteiger partial charge in [0.05, 0.1) is 12.3 Å². The predicted molar refractivity (Wildman–Crippen MR) is 135 cm³/mol. The van der Waals surface area contributed by atoms with Gasteiger partial charge in [-0.3, -0.25) is 9.36 Å². The molecule has 1 N–H and O–H groups in total. The van der Waals surface area contributed by atoms with Gasteiger partial charge in [-0.25, -0.2) is 0 Å². The Morgan fingerprint density at radius 3 is 2.38 bits per heavy atom. The molecule has 5 rings (SSSR count). The van der Waals surface area contributed by atoms with Crippen molar-refractivity contribution in [2.24, 2.45) is 0 Å². The fourth-order valence-corrected chi connectivity index (χ4v) is 4.90. The van der Waals surface area contributed by atoms with Crippen LogP contribution in [-0.2, 0) is 4.79 Å². The molecule has 0 spiro atoms. The molecule has 0 bridgehead atoms. The Hall–Kier alpha value is -3.58. The molecule has 0 unspecified atom stereocenters. The number of rotatable bonds is 9. The van der Waals surface area contributed by atoms with Crippen molar-refractivity contribution >= 4 is 23.4 Å². The summed E-state index contributed by atoms with van der Waals surface area (Å²) in [6.07, 6.45) is 2.24. The zero-order valence-electron chi connectivity index (χ0n) is 18.9. The predicted octanol–water partition coefficient (Wildman–Crippen LogP) is 6.02. The molecule has 1 atom stereocenters. The molecule has 7 heteroatoms. The van der Waals surface area contributed by atoms with E-state index in [0.717, 1.165) is 29.9 Å². The molecule has 0 aliphatic heterocycles. The average Bonchev–Trinajstić information content (AvgIpc) is 3.64. The summed E-state index contributed by atoms with van der Waals surface area (Å²) in [5.74, 6) is 1.89. The van der Waals surface area contributed by atoms with Crippen LogP contribution in [-0.4, -0.2) is 27.3 Å². The van der Waals surface area contributed by atoms with Crippen LogP contribution in [0.4, 0.5) is 5.69 Å². The van der Waals surface area contributed by atoms with Crippen molar-refractivity contribution in [3.63, 3.8) is 0 Å². The van der Waals surface area contributed by atoms with Crippen LogP contribution in [0.25, 0.3) is 5.69 Å². The Kier molecular flexibility index (Phi) is 6.62. The maximum atomic E-state index is 13.6. The Balaban J connectivity index is 1.50. The Labute approximate surface area is 203 Å². The van der Waals surface area contributed by atoms with Gasteiger partial charge < -0.3 is 10.1 Å². The SMILES string of the molecule is CCOc1ccccc1NC(=O)[C@@H](Sc1nnc(C2CC2)n1-c1ccccc1)c1ccccc1. The zero-order valence-corrected chi connectivity index (χ0v) is 19.7. The van der Waals surface area contributed by atoms with Gasteiger partial charge in [-0.15, -0.1) is 10.2 Å². The molecule has 4 aromatic rings. The number of hydrogen-bond acceptors (Lipinski definition) is 5. The zero-order chi connectivity index (χ0) is 23.3. The smallest absolute Gasteiger partial charge is 0.242 e. The molecule has 0 saturated heterocycles. The first-order valence-corrected chi connectivity index (χ1v) is 12.4. The van der Waals surface area contributed by atoms with Crippen molar-refractivity contribution in [3.05, 3.63) is 96.3 Å². The van der Waals surface area contributed by atoms with Crippen LogP contribution in [0.2, 0.25) is 0 Å². The second kappa shape index (κ2) is 10.1. The third-order valence-electron chi connectivity index (χ3n) is 5.62. The molecular formula is C27H26N4O2S. The maximum absolute atomic E-state index is 13.6. The molecule has 34 heavy (non-hydrogen) atoms. The molecule has 0 radical (unpaired) electrons. The molecule has 6 nitrogen and oxygen atoms in total. The highest BCUT2D eigenvalue weighted by Crippen LogP contribution is 2.43. The van der Waals surface area contributed by atoms with Gasteiger partial charge in [-0.2, -0.15) is 0 Å². The van der Waals surface area contributed by atoms with Gasteiger partial charge in [-0.05, 0) is 49.6 Å². The summed E-state index contributed by atoms with van der Waals surface area (Å²) >= 11 is 1.41. The molecule has 1 fully saturated rings. The van der Waals surface area contributed by atoms with E-state index in [1.54, 1.807) is 0 Å². The normalized spacial score (nSPS) is 13.9. The summed E-state index contributed by atoms with van der Waals surface area (Å²) in [5, 5.41) is 12.3. The molecule has 1 saturated carbocycles. The van der Waals surface area contributed by atoms with Crippen molar-refractivity contribution in [3.8, 4) is 11.4 Å². The highest BCUT2D eigenvalue weighted by atomic mass is 32.2. The molecule has 1 aliphatic rings. The summed E-state index contributed by atoms with van der Waals surface area (Å²) in [7, 11) is 0. The van der Waals surface area contributed by atoms with Crippen LogP contribution in [0.15, 0.2) is 90.1 Å². The molecule has 1 aromatic heterocycles. The fourth-order valence-electron chi connectivity index (χ4n) is 3.84. The third kappa shape index (κ3) is 4.84. The molecule has 1 aliphatic carbocycles. The van der Waals surface area contributed by atoms with E-state index in [1.807, 2.05) is 79.7 Å². The highest BCUT2D eigenvalue weighted by Gasteiger charge is 2.33. The van der Waals surface area contributed by atoms with Crippen LogP contribution in [0, 0.1) is 0 Å². The van der Waals surface area contributed by atoms with Gasteiger partial charge in [0.2, 0.25) is 5.91 Å². The Bertz CT molecular complexity index is 1260. The van der Waals surface area contributed by atoms with E-state index >= 15 is 0 Å². The maximum Gasteiger partial charge on any atom is 0.242 e. The molecule has 172 valence electrons. The first-order valence-electron chi connectivity index (χ1n) is 11.5. The quantitative estimate of drug-likeness (QED) is 0.303. The van der Waals surface area contributed by atoms with Crippen LogP contribution in [0.3, 0.4) is 0 Å². The number of thioether (sulfide) groups is 1. The van der Waals surface area contributed by atoms with E-state index in [-0.39, 0.29) is 5.91 Å². The van der Waals surface area contributed by atoms with E-state index in [4.69, 9.17) is 4.74 Å². The van der Waals surface area contributed by atoms with Crippen molar-refractivity contribution < 1.29 is 9.53 Å². The van der Waals surface area contributed by atoms with E-state index in [2.05, 4.69) is 32.2 Å². The summed E-state index contributed by atoms with van der Waals surface area (Å²) in [6.45, 7) is 2.45. The number of para-hydroxylation sites is 3. The number of benzene rings is 3. The van der Waals surface area contributed by atoms with Gasteiger partial charge in [0, 0.05) is 11.6 Å². The minimum Gasteiger partial charge on any atom is -0.492 e. The van der Waals surface area contributed by atoms with Crippen molar-refractivity contribution in [2.45, 2.75) is 36.1 Å². The summed E-state index contributed by atoms with van der Waals surface area (Å²) < 4.78 is 7.80. The monoisotopic (exact) mass is 470 g/mol. The fraction of sp³-hybridized carbons (Fsp3) is 0.222. The number of aromatic nitrogens is 3. The lowest BCUT2D eigenvalue weighted by Gasteiger charge is -2.19. The van der Waals surface area contributed by atoms with Gasteiger partial charge >= 0.3 is 0 Å². The minimum atomic E-state index is -0.519. The van der Waals surface area contributed by atoms with Crippen LogP contribution in [0.5, 0.6) is 5.75 Å². The van der Waals surface area contributed by atoms with Crippen LogP contribution in [0.1, 0.15) is 42.3 Å². The number of carbonyl (C=O) groups excluding carboxylic acids is 1. The summed E-state index contributed by atoms with van der Waals surface area (Å²) in [4.78, 5) is 13.6. The molecule has 3 aromatic carbocycles. The Morgan fingerprint density at radius 1 is 1.00 bits per heavy atom. The van der Waals surface area contributed by atoms with Gasteiger partial charge in [0.15, 0.2) is 5.16 Å². The minimum absolute atomic E-state index is 0.140. The van der Waals surface area contributed by atoms with E-state index in [1.165, 1.54) is 11.8 Å². The highest BCUT2D eigenvalue weighted by molar-refractivity contribution is 8.00. The third-order valence-corrected chi connectivity index (χ3v) is 6.82. The summed E-state index contributed by atoms with van der Waals surface area (Å²) in [6, 6.07) is 27.4.